The zero-order chi connectivity index (χ0) is 13.5. The van der Waals surface area contributed by atoms with E-state index in [-0.39, 0.29) is 6.04 Å². The lowest BCUT2D eigenvalue weighted by atomic mass is 10.1. The summed E-state index contributed by atoms with van der Waals surface area (Å²) >= 11 is 9.54. The molecule has 2 N–H and O–H groups in total. The topological polar surface area (TPSA) is 29.3 Å². The molecule has 1 aromatic carbocycles. The molecule has 0 amide bonds. The largest absolute Gasteiger partial charge is 0.329 e. The van der Waals surface area contributed by atoms with Gasteiger partial charge in [-0.3, -0.25) is 4.90 Å². The Kier molecular flexibility index (Phi) is 7.23. The molecule has 0 heterocycles. The van der Waals surface area contributed by atoms with Crippen LogP contribution in [-0.4, -0.2) is 25.0 Å². The van der Waals surface area contributed by atoms with E-state index < -0.39 is 0 Å². The summed E-state index contributed by atoms with van der Waals surface area (Å²) in [5.41, 5.74) is 7.13. The van der Waals surface area contributed by atoms with Gasteiger partial charge < -0.3 is 5.73 Å². The van der Waals surface area contributed by atoms with Crippen molar-refractivity contribution < 1.29 is 0 Å². The van der Waals surface area contributed by atoms with Gasteiger partial charge in [-0.25, -0.2) is 0 Å². The average molecular weight is 334 g/mol. The summed E-state index contributed by atoms with van der Waals surface area (Å²) < 4.78 is 1.03. The van der Waals surface area contributed by atoms with Crippen molar-refractivity contribution in [1.82, 2.24) is 4.90 Å². The van der Waals surface area contributed by atoms with E-state index in [9.17, 15) is 0 Å². The molecule has 0 bridgehead atoms. The standard InChI is InChI=1S/C14H22BrClN2/c1-3-4-5-8-18(2)14(10-17)12-7-6-11(16)9-13(12)15/h6-7,9,14H,3-5,8,10,17H2,1-2H3. The van der Waals surface area contributed by atoms with Crippen molar-refractivity contribution in [1.29, 1.82) is 0 Å². The van der Waals surface area contributed by atoms with Gasteiger partial charge in [-0.05, 0) is 37.7 Å². The zero-order valence-electron chi connectivity index (χ0n) is 11.1. The quantitative estimate of drug-likeness (QED) is 0.757. The summed E-state index contributed by atoms with van der Waals surface area (Å²) in [7, 11) is 2.13. The maximum absolute atomic E-state index is 5.97. The first-order valence-electron chi connectivity index (χ1n) is 6.45. The van der Waals surface area contributed by atoms with Crippen LogP contribution in [0.1, 0.15) is 37.8 Å². The van der Waals surface area contributed by atoms with Gasteiger partial charge in [0.1, 0.15) is 0 Å². The molecule has 1 aromatic rings. The first kappa shape index (κ1) is 16.0. The van der Waals surface area contributed by atoms with E-state index in [1.54, 1.807) is 0 Å². The number of hydrogen-bond donors (Lipinski definition) is 1. The highest BCUT2D eigenvalue weighted by Crippen LogP contribution is 2.29. The van der Waals surface area contributed by atoms with Crippen molar-refractivity contribution in [3.63, 3.8) is 0 Å². The van der Waals surface area contributed by atoms with Crippen LogP contribution in [0.15, 0.2) is 22.7 Å². The molecular weight excluding hydrogens is 312 g/mol. The molecule has 0 aromatic heterocycles. The van der Waals surface area contributed by atoms with Gasteiger partial charge in [-0.1, -0.05) is 53.4 Å². The lowest BCUT2D eigenvalue weighted by Crippen LogP contribution is -2.31. The Morgan fingerprint density at radius 3 is 2.67 bits per heavy atom. The molecule has 1 unspecified atom stereocenters. The van der Waals surface area contributed by atoms with Crippen LogP contribution in [0.2, 0.25) is 5.02 Å². The summed E-state index contributed by atoms with van der Waals surface area (Å²) in [5, 5.41) is 0.745. The molecule has 0 saturated heterocycles. The van der Waals surface area contributed by atoms with Gasteiger partial charge in [-0.15, -0.1) is 0 Å². The van der Waals surface area contributed by atoms with Crippen LogP contribution in [-0.2, 0) is 0 Å². The van der Waals surface area contributed by atoms with Gasteiger partial charge in [0, 0.05) is 22.1 Å². The molecule has 1 rings (SSSR count). The molecule has 0 aliphatic carbocycles. The van der Waals surface area contributed by atoms with Gasteiger partial charge in [0.25, 0.3) is 0 Å². The molecule has 2 nitrogen and oxygen atoms in total. The molecule has 18 heavy (non-hydrogen) atoms. The van der Waals surface area contributed by atoms with E-state index in [2.05, 4.69) is 40.9 Å². The fourth-order valence-electron chi connectivity index (χ4n) is 2.08. The third kappa shape index (κ3) is 4.54. The van der Waals surface area contributed by atoms with Gasteiger partial charge >= 0.3 is 0 Å². The number of hydrogen-bond acceptors (Lipinski definition) is 2. The molecule has 0 aliphatic rings. The Morgan fingerprint density at radius 2 is 2.11 bits per heavy atom. The molecule has 0 aliphatic heterocycles. The SMILES string of the molecule is CCCCCN(C)C(CN)c1ccc(Cl)cc1Br. The van der Waals surface area contributed by atoms with Crippen LogP contribution in [0, 0.1) is 0 Å². The second-order valence-electron chi connectivity index (χ2n) is 4.61. The molecule has 1 atom stereocenters. The Bertz CT molecular complexity index is 371. The number of halogens is 2. The lowest BCUT2D eigenvalue weighted by molar-refractivity contribution is 0.244. The molecule has 0 fully saturated rings. The summed E-state index contributed by atoms with van der Waals surface area (Å²) in [6.07, 6.45) is 3.73. The number of nitrogens with zero attached hydrogens (tertiary/aromatic N) is 1. The van der Waals surface area contributed by atoms with E-state index in [1.807, 2.05) is 12.1 Å². The molecule has 4 heteroatoms. The Hall–Kier alpha value is -0.0900. The van der Waals surface area contributed by atoms with Crippen LogP contribution in [0.5, 0.6) is 0 Å². The number of unbranched alkanes of at least 4 members (excludes halogenated alkanes) is 2. The second-order valence-corrected chi connectivity index (χ2v) is 5.90. The number of benzene rings is 1. The average Bonchev–Trinajstić information content (AvgIpc) is 2.33. The maximum atomic E-state index is 5.97. The lowest BCUT2D eigenvalue weighted by Gasteiger charge is -2.28. The highest BCUT2D eigenvalue weighted by Gasteiger charge is 2.17. The van der Waals surface area contributed by atoms with E-state index >= 15 is 0 Å². The monoisotopic (exact) mass is 332 g/mol. The minimum atomic E-state index is 0.244. The zero-order valence-corrected chi connectivity index (χ0v) is 13.5. The molecule has 0 saturated carbocycles. The van der Waals surface area contributed by atoms with Crippen LogP contribution < -0.4 is 5.73 Å². The highest BCUT2D eigenvalue weighted by atomic mass is 79.9. The van der Waals surface area contributed by atoms with Crippen LogP contribution in [0.4, 0.5) is 0 Å². The van der Waals surface area contributed by atoms with Gasteiger partial charge in [0.05, 0.1) is 0 Å². The predicted molar refractivity (Wildman–Crippen MR) is 83.1 cm³/mol. The highest BCUT2D eigenvalue weighted by molar-refractivity contribution is 9.10. The minimum Gasteiger partial charge on any atom is -0.329 e. The first-order valence-corrected chi connectivity index (χ1v) is 7.62. The van der Waals surface area contributed by atoms with Crippen molar-refractivity contribution in [2.45, 2.75) is 32.2 Å². The van der Waals surface area contributed by atoms with Crippen molar-refractivity contribution in [2.75, 3.05) is 20.1 Å². The fourth-order valence-corrected chi connectivity index (χ4v) is 3.03. The first-order chi connectivity index (χ1) is 8.60. The van der Waals surface area contributed by atoms with E-state index in [4.69, 9.17) is 17.3 Å². The third-order valence-electron chi connectivity index (χ3n) is 3.19. The predicted octanol–water partition coefficient (Wildman–Crippen LogP) is 4.22. The molecule has 102 valence electrons. The summed E-state index contributed by atoms with van der Waals surface area (Å²) in [6, 6.07) is 6.15. The van der Waals surface area contributed by atoms with E-state index in [0.29, 0.717) is 6.54 Å². The minimum absolute atomic E-state index is 0.244. The third-order valence-corrected chi connectivity index (χ3v) is 4.11. The van der Waals surface area contributed by atoms with Crippen molar-refractivity contribution in [3.8, 4) is 0 Å². The van der Waals surface area contributed by atoms with Crippen LogP contribution in [0.3, 0.4) is 0 Å². The van der Waals surface area contributed by atoms with E-state index in [0.717, 1.165) is 16.0 Å². The van der Waals surface area contributed by atoms with Gasteiger partial charge in [0.15, 0.2) is 0 Å². The van der Waals surface area contributed by atoms with Crippen LogP contribution >= 0.6 is 27.5 Å². The van der Waals surface area contributed by atoms with Gasteiger partial charge in [0.2, 0.25) is 0 Å². The van der Waals surface area contributed by atoms with Crippen LogP contribution in [0.25, 0.3) is 0 Å². The molecule has 0 radical (unpaired) electrons. The number of likely N-dealkylation sites (N-methyl/N-ethyl adjacent to an activating group) is 1. The summed E-state index contributed by atoms with van der Waals surface area (Å²) in [6.45, 7) is 3.91. The maximum Gasteiger partial charge on any atom is 0.0478 e. The Morgan fingerprint density at radius 1 is 1.39 bits per heavy atom. The summed E-state index contributed by atoms with van der Waals surface area (Å²) in [5.74, 6) is 0. The van der Waals surface area contributed by atoms with E-state index in [1.165, 1.54) is 24.8 Å². The molecular formula is C14H22BrClN2. The Labute approximate surface area is 124 Å². The van der Waals surface area contributed by atoms with Crippen molar-refractivity contribution in [3.05, 3.63) is 33.3 Å². The molecule has 0 spiro atoms. The number of rotatable bonds is 7. The van der Waals surface area contributed by atoms with Crippen molar-refractivity contribution >= 4 is 27.5 Å². The second kappa shape index (κ2) is 8.16. The van der Waals surface area contributed by atoms with Crippen molar-refractivity contribution in [2.24, 2.45) is 5.73 Å². The number of nitrogens with two attached hydrogens (primary N) is 1. The summed E-state index contributed by atoms with van der Waals surface area (Å²) in [4.78, 5) is 2.32. The van der Waals surface area contributed by atoms with Gasteiger partial charge in [-0.2, -0.15) is 0 Å². The smallest absolute Gasteiger partial charge is 0.0478 e. The normalized spacial score (nSPS) is 13.0. The Balaban J connectivity index is 2.75. The fraction of sp³-hybridized carbons (Fsp3) is 0.571.